The number of halogens is 1. The number of nitrogens with one attached hydrogen (secondary N) is 1. The summed E-state index contributed by atoms with van der Waals surface area (Å²) in [6.45, 7) is 8.25. The molecule has 4 heteroatoms. The molecule has 116 valence electrons. The van der Waals surface area contributed by atoms with Gasteiger partial charge in [0.05, 0.1) is 5.41 Å². The van der Waals surface area contributed by atoms with Crippen LogP contribution in [-0.4, -0.2) is 37.0 Å². The van der Waals surface area contributed by atoms with Gasteiger partial charge in [-0.3, -0.25) is 4.79 Å². The van der Waals surface area contributed by atoms with E-state index in [1.807, 2.05) is 24.3 Å². The Hall–Kier alpha value is -1.06. The Kier molecular flexibility index (Phi) is 5.65. The molecule has 1 N–H and O–H groups in total. The average Bonchev–Trinajstić information content (AvgIpc) is 3.29. The van der Waals surface area contributed by atoms with Crippen molar-refractivity contribution in [1.29, 1.82) is 0 Å². The Morgan fingerprint density at radius 2 is 2.05 bits per heavy atom. The van der Waals surface area contributed by atoms with E-state index in [0.717, 1.165) is 51.0 Å². The second-order valence-electron chi connectivity index (χ2n) is 5.73. The number of hydrogen-bond donors (Lipinski definition) is 1. The fourth-order valence-electron chi connectivity index (χ4n) is 2.77. The monoisotopic (exact) mass is 308 g/mol. The molecule has 2 rings (SSSR count). The second kappa shape index (κ2) is 7.28. The van der Waals surface area contributed by atoms with Crippen molar-refractivity contribution in [1.82, 2.24) is 10.2 Å². The lowest BCUT2D eigenvalue weighted by Crippen LogP contribution is -2.36. The van der Waals surface area contributed by atoms with Crippen molar-refractivity contribution in [2.24, 2.45) is 0 Å². The molecule has 0 saturated heterocycles. The van der Waals surface area contributed by atoms with Crippen LogP contribution in [0.25, 0.3) is 0 Å². The predicted octanol–water partition coefficient (Wildman–Crippen LogP) is 3.22. The molecule has 0 unspecified atom stereocenters. The Morgan fingerprint density at radius 3 is 2.62 bits per heavy atom. The summed E-state index contributed by atoms with van der Waals surface area (Å²) >= 11 is 6.04. The van der Waals surface area contributed by atoms with Gasteiger partial charge in [-0.25, -0.2) is 0 Å². The molecule has 0 spiro atoms. The van der Waals surface area contributed by atoms with Crippen molar-refractivity contribution in [2.75, 3.05) is 26.2 Å². The van der Waals surface area contributed by atoms with Crippen LogP contribution in [0.3, 0.4) is 0 Å². The number of nitrogens with zero attached hydrogens (tertiary/aromatic N) is 1. The molecule has 0 atom stereocenters. The van der Waals surface area contributed by atoms with Crippen LogP contribution in [0, 0.1) is 0 Å². The van der Waals surface area contributed by atoms with E-state index >= 15 is 0 Å². The molecule has 21 heavy (non-hydrogen) atoms. The molecule has 1 amide bonds. The number of rotatable bonds is 8. The molecule has 0 aliphatic heterocycles. The maximum atomic E-state index is 12.5. The van der Waals surface area contributed by atoms with Gasteiger partial charge in [-0.05, 0) is 56.6 Å². The van der Waals surface area contributed by atoms with Gasteiger partial charge in [-0.15, -0.1) is 0 Å². The molecule has 1 aliphatic rings. The SMILES string of the molecule is CCN(CC)CCCNC(=O)C1(c2cccc(Cl)c2)CC1. The zero-order chi connectivity index (χ0) is 15.3. The van der Waals surface area contributed by atoms with Crippen LogP contribution in [0.4, 0.5) is 0 Å². The molecule has 0 radical (unpaired) electrons. The van der Waals surface area contributed by atoms with Gasteiger partial charge in [-0.2, -0.15) is 0 Å². The van der Waals surface area contributed by atoms with Crippen molar-refractivity contribution in [3.8, 4) is 0 Å². The van der Waals surface area contributed by atoms with Crippen molar-refractivity contribution in [3.63, 3.8) is 0 Å². The standard InChI is InChI=1S/C17H25ClN2O/c1-3-20(4-2)12-6-11-19-16(21)17(9-10-17)14-7-5-8-15(18)13-14/h5,7-8,13H,3-4,6,9-12H2,1-2H3,(H,19,21). The minimum absolute atomic E-state index is 0.157. The van der Waals surface area contributed by atoms with E-state index in [4.69, 9.17) is 11.6 Å². The van der Waals surface area contributed by atoms with E-state index in [0.29, 0.717) is 5.02 Å². The molecular formula is C17H25ClN2O. The first kappa shape index (κ1) is 16.3. The highest BCUT2D eigenvalue weighted by atomic mass is 35.5. The van der Waals surface area contributed by atoms with Crippen LogP contribution >= 0.6 is 11.6 Å². The number of carbonyl (C=O) groups excluding carboxylic acids is 1. The first-order valence-corrected chi connectivity index (χ1v) is 8.27. The molecule has 1 aromatic carbocycles. The third-order valence-electron chi connectivity index (χ3n) is 4.39. The van der Waals surface area contributed by atoms with Gasteiger partial charge in [0.15, 0.2) is 0 Å². The smallest absolute Gasteiger partial charge is 0.230 e. The van der Waals surface area contributed by atoms with Gasteiger partial charge in [-0.1, -0.05) is 37.6 Å². The normalized spacial score (nSPS) is 16.0. The van der Waals surface area contributed by atoms with Crippen molar-refractivity contribution >= 4 is 17.5 Å². The third-order valence-corrected chi connectivity index (χ3v) is 4.63. The van der Waals surface area contributed by atoms with Crippen molar-refractivity contribution < 1.29 is 4.79 Å². The predicted molar refractivity (Wildman–Crippen MR) is 87.8 cm³/mol. The first-order chi connectivity index (χ1) is 10.1. The summed E-state index contributed by atoms with van der Waals surface area (Å²) in [4.78, 5) is 14.8. The topological polar surface area (TPSA) is 32.3 Å². The van der Waals surface area contributed by atoms with E-state index in [-0.39, 0.29) is 11.3 Å². The lowest BCUT2D eigenvalue weighted by atomic mass is 9.95. The van der Waals surface area contributed by atoms with E-state index in [1.165, 1.54) is 0 Å². The molecule has 0 bridgehead atoms. The maximum absolute atomic E-state index is 12.5. The quantitative estimate of drug-likeness (QED) is 0.748. The third kappa shape index (κ3) is 3.98. The zero-order valence-electron chi connectivity index (χ0n) is 13.0. The molecule has 0 heterocycles. The Labute approximate surface area is 132 Å². The zero-order valence-corrected chi connectivity index (χ0v) is 13.7. The Balaban J connectivity index is 1.83. The largest absolute Gasteiger partial charge is 0.355 e. The molecule has 1 aliphatic carbocycles. The van der Waals surface area contributed by atoms with Crippen LogP contribution in [0.5, 0.6) is 0 Å². The summed E-state index contributed by atoms with van der Waals surface area (Å²) in [5.74, 6) is 0.157. The highest BCUT2D eigenvalue weighted by molar-refractivity contribution is 6.30. The minimum Gasteiger partial charge on any atom is -0.355 e. The molecule has 3 nitrogen and oxygen atoms in total. The molecule has 0 aromatic heterocycles. The van der Waals surface area contributed by atoms with Crippen LogP contribution in [0.1, 0.15) is 38.7 Å². The van der Waals surface area contributed by atoms with Gasteiger partial charge < -0.3 is 10.2 Å². The Morgan fingerprint density at radius 1 is 1.33 bits per heavy atom. The Bertz CT molecular complexity index is 481. The molecule has 1 aromatic rings. The van der Waals surface area contributed by atoms with Gasteiger partial charge in [0.1, 0.15) is 0 Å². The maximum Gasteiger partial charge on any atom is 0.230 e. The number of benzene rings is 1. The van der Waals surface area contributed by atoms with E-state index in [9.17, 15) is 4.79 Å². The van der Waals surface area contributed by atoms with Gasteiger partial charge in [0.25, 0.3) is 0 Å². The van der Waals surface area contributed by atoms with Crippen LogP contribution in [0.15, 0.2) is 24.3 Å². The van der Waals surface area contributed by atoms with Crippen molar-refractivity contribution in [3.05, 3.63) is 34.9 Å². The fraction of sp³-hybridized carbons (Fsp3) is 0.588. The minimum atomic E-state index is -0.319. The first-order valence-electron chi connectivity index (χ1n) is 7.89. The number of carbonyl (C=O) groups is 1. The highest BCUT2D eigenvalue weighted by Crippen LogP contribution is 2.48. The van der Waals surface area contributed by atoms with E-state index < -0.39 is 0 Å². The highest BCUT2D eigenvalue weighted by Gasteiger charge is 2.51. The fourth-order valence-corrected chi connectivity index (χ4v) is 2.96. The molecule has 1 fully saturated rings. The average molecular weight is 309 g/mol. The molecular weight excluding hydrogens is 284 g/mol. The summed E-state index contributed by atoms with van der Waals surface area (Å²) < 4.78 is 0. The van der Waals surface area contributed by atoms with E-state index in [2.05, 4.69) is 24.1 Å². The molecule has 1 saturated carbocycles. The summed E-state index contributed by atoms with van der Waals surface area (Å²) in [5.41, 5.74) is 0.733. The van der Waals surface area contributed by atoms with Gasteiger partial charge in [0, 0.05) is 11.6 Å². The number of amides is 1. The van der Waals surface area contributed by atoms with Crippen LogP contribution in [0.2, 0.25) is 5.02 Å². The lowest BCUT2D eigenvalue weighted by Gasteiger charge is -2.19. The van der Waals surface area contributed by atoms with Gasteiger partial charge in [0.2, 0.25) is 5.91 Å². The lowest BCUT2D eigenvalue weighted by molar-refractivity contribution is -0.123. The van der Waals surface area contributed by atoms with Crippen LogP contribution in [-0.2, 0) is 10.2 Å². The summed E-state index contributed by atoms with van der Waals surface area (Å²) in [7, 11) is 0. The van der Waals surface area contributed by atoms with E-state index in [1.54, 1.807) is 0 Å². The summed E-state index contributed by atoms with van der Waals surface area (Å²) in [6, 6.07) is 7.70. The number of hydrogen-bond acceptors (Lipinski definition) is 2. The van der Waals surface area contributed by atoms with Gasteiger partial charge >= 0.3 is 0 Å². The summed E-state index contributed by atoms with van der Waals surface area (Å²) in [5, 5.41) is 3.80. The second-order valence-corrected chi connectivity index (χ2v) is 6.17. The van der Waals surface area contributed by atoms with Crippen LogP contribution < -0.4 is 5.32 Å². The summed E-state index contributed by atoms with van der Waals surface area (Å²) in [6.07, 6.45) is 2.85. The van der Waals surface area contributed by atoms with Crippen molar-refractivity contribution in [2.45, 2.75) is 38.5 Å².